The summed E-state index contributed by atoms with van der Waals surface area (Å²) >= 11 is 0. The van der Waals surface area contributed by atoms with Crippen molar-refractivity contribution in [2.24, 2.45) is 0 Å². The Hall–Kier alpha value is -2.41. The van der Waals surface area contributed by atoms with Crippen LogP contribution in [0.4, 0.5) is 4.79 Å². The Morgan fingerprint density at radius 1 is 1.38 bits per heavy atom. The third kappa shape index (κ3) is 4.55. The minimum atomic E-state index is -0.126. The van der Waals surface area contributed by atoms with Gasteiger partial charge in [0.05, 0.1) is 19.3 Å². The number of rotatable bonds is 5. The maximum Gasteiger partial charge on any atom is 0.318 e. The molecule has 0 bridgehead atoms. The topological polar surface area (TPSA) is 80.5 Å². The fraction of sp³-hybridized carbons (Fsp3) is 0.471. The van der Waals surface area contributed by atoms with E-state index < -0.39 is 0 Å². The van der Waals surface area contributed by atoms with Crippen LogP contribution < -0.4 is 5.32 Å². The summed E-state index contributed by atoms with van der Waals surface area (Å²) in [5.74, 6) is 0.973. The largest absolute Gasteiger partial charge is 0.375 e. The molecular formula is C17H22N4O3. The van der Waals surface area contributed by atoms with E-state index in [0.717, 1.165) is 12.8 Å². The number of carbonyl (C=O) groups is 1. The number of hydrogen-bond donors (Lipinski definition) is 1. The van der Waals surface area contributed by atoms with Crippen LogP contribution in [0.25, 0.3) is 0 Å². The zero-order valence-corrected chi connectivity index (χ0v) is 13.8. The number of nitrogens with one attached hydrogen (secondary N) is 1. The molecule has 24 heavy (non-hydrogen) atoms. The van der Waals surface area contributed by atoms with Gasteiger partial charge >= 0.3 is 6.03 Å². The molecule has 0 saturated carbocycles. The number of ether oxygens (including phenoxy) is 1. The number of carbonyl (C=O) groups excluding carboxylic acids is 1. The Kier molecular flexibility index (Phi) is 5.43. The minimum Gasteiger partial charge on any atom is -0.375 e. The molecule has 1 atom stereocenters. The van der Waals surface area contributed by atoms with Crippen LogP contribution in [0.15, 0.2) is 34.9 Å². The van der Waals surface area contributed by atoms with Crippen molar-refractivity contribution in [3.8, 4) is 0 Å². The molecule has 1 fully saturated rings. The van der Waals surface area contributed by atoms with Gasteiger partial charge in [0.1, 0.15) is 0 Å². The van der Waals surface area contributed by atoms with Gasteiger partial charge in [-0.05, 0) is 25.3 Å². The highest BCUT2D eigenvalue weighted by Gasteiger charge is 2.24. The molecule has 2 heterocycles. The summed E-state index contributed by atoms with van der Waals surface area (Å²) in [4.78, 5) is 18.1. The van der Waals surface area contributed by atoms with Gasteiger partial charge in [-0.3, -0.25) is 0 Å². The number of aryl methyl sites for hydroxylation is 2. The first-order valence-corrected chi connectivity index (χ1v) is 8.18. The lowest BCUT2D eigenvalue weighted by atomic mass is 10.1. The van der Waals surface area contributed by atoms with Crippen molar-refractivity contribution >= 4 is 6.03 Å². The van der Waals surface area contributed by atoms with Gasteiger partial charge in [0.2, 0.25) is 5.89 Å². The van der Waals surface area contributed by atoms with Gasteiger partial charge in [-0.25, -0.2) is 4.79 Å². The van der Waals surface area contributed by atoms with E-state index in [-0.39, 0.29) is 18.7 Å². The van der Waals surface area contributed by atoms with Gasteiger partial charge in [0.25, 0.3) is 0 Å². The first-order chi connectivity index (χ1) is 11.7. The Morgan fingerprint density at radius 3 is 2.96 bits per heavy atom. The third-order valence-electron chi connectivity index (χ3n) is 3.98. The number of nitrogens with zero attached hydrogens (tertiary/aromatic N) is 3. The van der Waals surface area contributed by atoms with Crippen LogP contribution in [0.3, 0.4) is 0 Å². The number of hydrogen-bond acceptors (Lipinski definition) is 5. The van der Waals surface area contributed by atoms with Crippen molar-refractivity contribution in [2.75, 3.05) is 19.7 Å². The van der Waals surface area contributed by atoms with Gasteiger partial charge in [-0.2, -0.15) is 4.98 Å². The summed E-state index contributed by atoms with van der Waals surface area (Å²) < 4.78 is 10.8. The molecule has 0 radical (unpaired) electrons. The second-order valence-electron chi connectivity index (χ2n) is 5.86. The lowest BCUT2D eigenvalue weighted by Crippen LogP contribution is -2.49. The Morgan fingerprint density at radius 2 is 2.21 bits per heavy atom. The zero-order valence-electron chi connectivity index (χ0n) is 13.8. The van der Waals surface area contributed by atoms with Gasteiger partial charge in [-0.15, -0.1) is 0 Å². The first kappa shape index (κ1) is 16.4. The molecule has 1 saturated heterocycles. The van der Waals surface area contributed by atoms with E-state index in [1.165, 1.54) is 5.56 Å². The monoisotopic (exact) mass is 330 g/mol. The number of urea groups is 1. The molecule has 1 aliphatic rings. The van der Waals surface area contributed by atoms with Gasteiger partial charge < -0.3 is 19.5 Å². The quantitative estimate of drug-likeness (QED) is 0.906. The molecule has 7 heteroatoms. The summed E-state index contributed by atoms with van der Waals surface area (Å²) in [6.45, 7) is 3.74. The van der Waals surface area contributed by atoms with Crippen molar-refractivity contribution < 1.29 is 14.1 Å². The predicted octanol–water partition coefficient (Wildman–Crippen LogP) is 1.92. The average molecular weight is 330 g/mol. The molecule has 1 aromatic heterocycles. The first-order valence-electron chi connectivity index (χ1n) is 8.18. The maximum atomic E-state index is 12.3. The number of benzene rings is 1. The molecule has 2 aromatic rings. The zero-order chi connectivity index (χ0) is 16.8. The van der Waals surface area contributed by atoms with E-state index in [4.69, 9.17) is 9.26 Å². The van der Waals surface area contributed by atoms with Crippen LogP contribution >= 0.6 is 0 Å². The maximum absolute atomic E-state index is 12.3. The molecule has 0 aliphatic carbocycles. The van der Waals surface area contributed by atoms with Crippen molar-refractivity contribution in [1.29, 1.82) is 0 Å². The van der Waals surface area contributed by atoms with Crippen molar-refractivity contribution in [3.63, 3.8) is 0 Å². The molecule has 7 nitrogen and oxygen atoms in total. The predicted molar refractivity (Wildman–Crippen MR) is 87.3 cm³/mol. The SMILES string of the molecule is Cc1noc(CNC(=O)N2CCOC(CCc3ccccc3)C2)n1. The van der Waals surface area contributed by atoms with Gasteiger partial charge in [0, 0.05) is 13.1 Å². The fourth-order valence-electron chi connectivity index (χ4n) is 2.73. The molecule has 1 aliphatic heterocycles. The normalized spacial score (nSPS) is 17.7. The number of morpholine rings is 1. The highest BCUT2D eigenvalue weighted by atomic mass is 16.5. The van der Waals surface area contributed by atoms with Gasteiger partial charge in [-0.1, -0.05) is 35.5 Å². The van der Waals surface area contributed by atoms with Crippen molar-refractivity contribution in [1.82, 2.24) is 20.4 Å². The number of amides is 2. The van der Waals surface area contributed by atoms with Crippen molar-refractivity contribution in [2.45, 2.75) is 32.4 Å². The van der Waals surface area contributed by atoms with E-state index in [0.29, 0.717) is 31.4 Å². The molecule has 1 aromatic carbocycles. The molecule has 2 amide bonds. The summed E-state index contributed by atoms with van der Waals surface area (Å²) in [7, 11) is 0. The standard InChI is InChI=1S/C17H22N4O3/c1-13-19-16(24-20-13)11-18-17(22)21-9-10-23-15(12-21)8-7-14-5-3-2-4-6-14/h2-6,15H,7-12H2,1H3,(H,18,22). The molecule has 1 N–H and O–H groups in total. The van der Waals surface area contributed by atoms with E-state index in [9.17, 15) is 4.79 Å². The van der Waals surface area contributed by atoms with E-state index in [1.807, 2.05) is 18.2 Å². The highest BCUT2D eigenvalue weighted by Crippen LogP contribution is 2.13. The highest BCUT2D eigenvalue weighted by molar-refractivity contribution is 5.74. The van der Waals surface area contributed by atoms with E-state index in [1.54, 1.807) is 11.8 Å². The van der Waals surface area contributed by atoms with E-state index >= 15 is 0 Å². The number of aromatic nitrogens is 2. The summed E-state index contributed by atoms with van der Waals surface area (Å²) in [6.07, 6.45) is 1.91. The molecular weight excluding hydrogens is 308 g/mol. The Balaban J connectivity index is 1.45. The fourth-order valence-corrected chi connectivity index (χ4v) is 2.73. The van der Waals surface area contributed by atoms with Crippen LogP contribution in [0, 0.1) is 6.92 Å². The second-order valence-corrected chi connectivity index (χ2v) is 5.86. The lowest BCUT2D eigenvalue weighted by Gasteiger charge is -2.33. The van der Waals surface area contributed by atoms with Crippen LogP contribution in [0.5, 0.6) is 0 Å². The Labute approximate surface area is 141 Å². The molecule has 128 valence electrons. The third-order valence-corrected chi connectivity index (χ3v) is 3.98. The van der Waals surface area contributed by atoms with Crippen molar-refractivity contribution in [3.05, 3.63) is 47.6 Å². The van der Waals surface area contributed by atoms with Crippen LogP contribution in [0.2, 0.25) is 0 Å². The van der Waals surface area contributed by atoms with Crippen LogP contribution in [0.1, 0.15) is 23.7 Å². The molecule has 1 unspecified atom stereocenters. The molecule has 0 spiro atoms. The lowest BCUT2D eigenvalue weighted by molar-refractivity contribution is -0.0177. The minimum absolute atomic E-state index is 0.0651. The molecule has 3 rings (SSSR count). The van der Waals surface area contributed by atoms with Gasteiger partial charge in [0.15, 0.2) is 5.82 Å². The second kappa shape index (κ2) is 7.92. The van der Waals surface area contributed by atoms with Crippen LogP contribution in [-0.4, -0.2) is 46.9 Å². The summed E-state index contributed by atoms with van der Waals surface area (Å²) in [5.41, 5.74) is 1.29. The average Bonchev–Trinajstić information content (AvgIpc) is 3.04. The van der Waals surface area contributed by atoms with E-state index in [2.05, 4.69) is 27.6 Å². The smallest absolute Gasteiger partial charge is 0.318 e. The van der Waals surface area contributed by atoms with Crippen LogP contribution in [-0.2, 0) is 17.7 Å². The summed E-state index contributed by atoms with van der Waals surface area (Å²) in [6, 6.07) is 10.2. The summed E-state index contributed by atoms with van der Waals surface area (Å²) in [5, 5.41) is 6.51. The Bertz CT molecular complexity index is 659.